The molecule has 0 aliphatic carbocycles. The number of ketones is 1. The van der Waals surface area contributed by atoms with Crippen LogP contribution in [0.3, 0.4) is 0 Å². The van der Waals surface area contributed by atoms with Crippen LogP contribution in [0.2, 0.25) is 0 Å². The van der Waals surface area contributed by atoms with Gasteiger partial charge < -0.3 is 5.32 Å². The van der Waals surface area contributed by atoms with E-state index in [-0.39, 0.29) is 10.7 Å². The zero-order chi connectivity index (χ0) is 17.7. The molecule has 0 atom stereocenters. The lowest BCUT2D eigenvalue weighted by molar-refractivity contribution is 0.101. The quantitative estimate of drug-likeness (QED) is 0.784. The average molecular weight is 343 g/mol. The van der Waals surface area contributed by atoms with Crippen LogP contribution in [0.4, 0.5) is 5.69 Å². The summed E-state index contributed by atoms with van der Waals surface area (Å²) >= 11 is 0. The maximum absolute atomic E-state index is 11.8. The zero-order valence-electron chi connectivity index (χ0n) is 13.3. The number of hydrogen-bond acceptors (Lipinski definition) is 5. The summed E-state index contributed by atoms with van der Waals surface area (Å²) in [7, 11) is -2.16. The van der Waals surface area contributed by atoms with Crippen molar-refractivity contribution in [2.24, 2.45) is 0 Å². The summed E-state index contributed by atoms with van der Waals surface area (Å²) in [6, 6.07) is 13.4. The minimum Gasteiger partial charge on any atom is -0.380 e. The lowest BCUT2D eigenvalue weighted by Crippen LogP contribution is -2.18. The van der Waals surface area contributed by atoms with Gasteiger partial charge in [0.25, 0.3) is 0 Å². The standard InChI is InChI=1S/C17H17N3O3S/c1-12(21)14-6-7-15(10-18)17(9-14)20-11-13-4-3-5-16(8-13)24(22,23)19-2/h3-9,19-20H,11H2,1-2H3. The molecule has 2 N–H and O–H groups in total. The van der Waals surface area contributed by atoms with Crippen LogP contribution in [0.1, 0.15) is 28.4 Å². The number of anilines is 1. The van der Waals surface area contributed by atoms with Crippen molar-refractivity contribution in [1.29, 1.82) is 5.26 Å². The van der Waals surface area contributed by atoms with Gasteiger partial charge in [-0.25, -0.2) is 13.1 Å². The van der Waals surface area contributed by atoms with Gasteiger partial charge >= 0.3 is 0 Å². The Morgan fingerprint density at radius 2 is 1.96 bits per heavy atom. The van der Waals surface area contributed by atoms with E-state index in [0.29, 0.717) is 23.4 Å². The third-order valence-corrected chi connectivity index (χ3v) is 4.92. The molecule has 7 heteroatoms. The molecular weight excluding hydrogens is 326 g/mol. The number of sulfonamides is 1. The predicted octanol–water partition coefficient (Wildman–Crippen LogP) is 2.28. The van der Waals surface area contributed by atoms with Crippen molar-refractivity contribution >= 4 is 21.5 Å². The fourth-order valence-electron chi connectivity index (χ4n) is 2.14. The van der Waals surface area contributed by atoms with E-state index in [9.17, 15) is 13.2 Å². The van der Waals surface area contributed by atoms with Gasteiger partial charge in [0, 0.05) is 12.1 Å². The highest BCUT2D eigenvalue weighted by molar-refractivity contribution is 7.89. The third kappa shape index (κ3) is 3.98. The van der Waals surface area contributed by atoms with Gasteiger partial charge in [-0.15, -0.1) is 0 Å². The van der Waals surface area contributed by atoms with E-state index >= 15 is 0 Å². The lowest BCUT2D eigenvalue weighted by atomic mass is 10.1. The van der Waals surface area contributed by atoms with Crippen molar-refractivity contribution in [1.82, 2.24) is 4.72 Å². The van der Waals surface area contributed by atoms with Crippen LogP contribution in [0, 0.1) is 11.3 Å². The second-order valence-electron chi connectivity index (χ2n) is 5.14. The molecule has 2 aromatic carbocycles. The number of rotatable bonds is 6. The number of nitrogens with zero attached hydrogens (tertiary/aromatic N) is 1. The average Bonchev–Trinajstić information content (AvgIpc) is 2.59. The highest BCUT2D eigenvalue weighted by atomic mass is 32.2. The molecule has 0 aliphatic heterocycles. The van der Waals surface area contributed by atoms with Crippen LogP contribution < -0.4 is 10.0 Å². The van der Waals surface area contributed by atoms with Crippen molar-refractivity contribution in [2.45, 2.75) is 18.4 Å². The SMILES string of the molecule is CNS(=O)(=O)c1cccc(CNc2cc(C(C)=O)ccc2C#N)c1. The molecule has 0 aromatic heterocycles. The van der Waals surface area contributed by atoms with Crippen molar-refractivity contribution in [3.63, 3.8) is 0 Å². The second-order valence-corrected chi connectivity index (χ2v) is 7.02. The highest BCUT2D eigenvalue weighted by Gasteiger charge is 2.12. The molecule has 2 rings (SSSR count). The minimum atomic E-state index is -3.51. The van der Waals surface area contributed by atoms with Crippen LogP contribution in [-0.4, -0.2) is 21.2 Å². The largest absolute Gasteiger partial charge is 0.380 e. The summed E-state index contributed by atoms with van der Waals surface area (Å²) < 4.78 is 25.9. The third-order valence-electron chi connectivity index (χ3n) is 3.51. The molecule has 24 heavy (non-hydrogen) atoms. The summed E-state index contributed by atoms with van der Waals surface area (Å²) in [6.45, 7) is 1.78. The van der Waals surface area contributed by atoms with Gasteiger partial charge in [-0.1, -0.05) is 12.1 Å². The van der Waals surface area contributed by atoms with E-state index in [1.807, 2.05) is 0 Å². The van der Waals surface area contributed by atoms with Gasteiger partial charge in [-0.05, 0) is 49.9 Å². The lowest BCUT2D eigenvalue weighted by Gasteiger charge is -2.11. The number of carbonyl (C=O) groups excluding carboxylic acids is 1. The molecular formula is C17H17N3O3S. The summed E-state index contributed by atoms with van der Waals surface area (Å²) in [6.07, 6.45) is 0. The number of nitrogens with one attached hydrogen (secondary N) is 2. The Hall–Kier alpha value is -2.69. The molecule has 6 nitrogen and oxygen atoms in total. The first-order chi connectivity index (χ1) is 11.4. The van der Waals surface area contributed by atoms with Crippen molar-refractivity contribution in [3.8, 4) is 6.07 Å². The molecule has 0 bridgehead atoms. The first-order valence-electron chi connectivity index (χ1n) is 7.19. The number of carbonyl (C=O) groups is 1. The zero-order valence-corrected chi connectivity index (χ0v) is 14.1. The summed E-state index contributed by atoms with van der Waals surface area (Å²) in [5, 5.41) is 12.2. The van der Waals surface area contributed by atoms with E-state index in [1.54, 1.807) is 36.4 Å². The fraction of sp³-hybridized carbons (Fsp3) is 0.176. The van der Waals surface area contributed by atoms with Gasteiger partial charge in [-0.2, -0.15) is 5.26 Å². The van der Waals surface area contributed by atoms with Crippen molar-refractivity contribution in [2.75, 3.05) is 12.4 Å². The second kappa shape index (κ2) is 7.25. The minimum absolute atomic E-state index is 0.0929. The first-order valence-corrected chi connectivity index (χ1v) is 8.67. The van der Waals surface area contributed by atoms with Gasteiger partial charge in [-0.3, -0.25) is 4.79 Å². The summed E-state index contributed by atoms with van der Waals surface area (Å²) in [5.41, 5.74) is 2.19. The fourth-order valence-corrected chi connectivity index (χ4v) is 2.94. The normalized spacial score (nSPS) is 10.9. The maximum Gasteiger partial charge on any atom is 0.240 e. The van der Waals surface area contributed by atoms with E-state index in [0.717, 1.165) is 5.56 Å². The smallest absolute Gasteiger partial charge is 0.240 e. The van der Waals surface area contributed by atoms with Gasteiger partial charge in [0.05, 0.1) is 16.1 Å². The van der Waals surface area contributed by atoms with E-state index in [2.05, 4.69) is 16.1 Å². The van der Waals surface area contributed by atoms with Crippen LogP contribution in [0.25, 0.3) is 0 Å². The number of Topliss-reactive ketones (excluding diaryl/α,β-unsaturated/α-hetero) is 1. The molecule has 0 spiro atoms. The molecule has 0 aliphatic rings. The topological polar surface area (TPSA) is 99.1 Å². The maximum atomic E-state index is 11.8. The summed E-state index contributed by atoms with van der Waals surface area (Å²) in [5.74, 6) is -0.0929. The Balaban J connectivity index is 2.26. The molecule has 124 valence electrons. The molecule has 0 heterocycles. The molecule has 0 fully saturated rings. The van der Waals surface area contributed by atoms with Gasteiger partial charge in [0.2, 0.25) is 10.0 Å². The van der Waals surface area contributed by atoms with Crippen LogP contribution >= 0.6 is 0 Å². The number of hydrogen-bond donors (Lipinski definition) is 2. The molecule has 0 amide bonds. The van der Waals surface area contributed by atoms with Crippen molar-refractivity contribution < 1.29 is 13.2 Å². The Morgan fingerprint density at radius 1 is 1.21 bits per heavy atom. The Labute approximate surface area is 141 Å². The van der Waals surface area contributed by atoms with Gasteiger partial charge in [0.1, 0.15) is 6.07 Å². The Kier molecular flexibility index (Phi) is 5.34. The van der Waals surface area contributed by atoms with Crippen LogP contribution in [0.15, 0.2) is 47.4 Å². The van der Waals surface area contributed by atoms with Crippen molar-refractivity contribution in [3.05, 3.63) is 59.2 Å². The van der Waals surface area contributed by atoms with E-state index in [4.69, 9.17) is 5.26 Å². The predicted molar refractivity (Wildman–Crippen MR) is 91.2 cm³/mol. The number of nitriles is 1. The Morgan fingerprint density at radius 3 is 2.58 bits per heavy atom. The molecule has 2 aromatic rings. The van der Waals surface area contributed by atoms with E-state index < -0.39 is 10.0 Å². The van der Waals surface area contributed by atoms with Crippen LogP contribution in [0.5, 0.6) is 0 Å². The molecule has 0 radical (unpaired) electrons. The molecule has 0 saturated carbocycles. The molecule has 0 unspecified atom stereocenters. The number of benzene rings is 2. The first kappa shape index (κ1) is 17.7. The highest BCUT2D eigenvalue weighted by Crippen LogP contribution is 2.19. The summed E-state index contributed by atoms with van der Waals surface area (Å²) in [4.78, 5) is 11.6. The van der Waals surface area contributed by atoms with Gasteiger partial charge in [0.15, 0.2) is 5.78 Å². The molecule has 0 saturated heterocycles. The van der Waals surface area contributed by atoms with Crippen LogP contribution in [-0.2, 0) is 16.6 Å². The Bertz CT molecular complexity index is 915. The van der Waals surface area contributed by atoms with E-state index in [1.165, 1.54) is 20.0 Å². The monoisotopic (exact) mass is 343 g/mol.